The Morgan fingerprint density at radius 1 is 1.27 bits per heavy atom. The molecule has 248 valence electrons. The van der Waals surface area contributed by atoms with Crippen LogP contribution < -0.4 is 10.6 Å². The largest absolute Gasteiger partial charge is 0.398 e. The van der Waals surface area contributed by atoms with Gasteiger partial charge in [-0.3, -0.25) is 9.48 Å². The molecule has 3 fully saturated rings. The van der Waals surface area contributed by atoms with Gasteiger partial charge in [-0.1, -0.05) is 29.8 Å². The number of aliphatic hydroxyl groups excluding tert-OH is 1. The van der Waals surface area contributed by atoms with Crippen LogP contribution >= 0.6 is 23.2 Å². The Kier molecular flexibility index (Phi) is 11.3. The molecule has 1 saturated carbocycles. The molecule has 10 nitrogen and oxygen atoms in total. The fourth-order valence-electron chi connectivity index (χ4n) is 7.01. The summed E-state index contributed by atoms with van der Waals surface area (Å²) in [5.41, 5.74) is 9.98. The van der Waals surface area contributed by atoms with Gasteiger partial charge < -0.3 is 35.7 Å². The smallest absolute Gasteiger partial charge is 0.245 e. The van der Waals surface area contributed by atoms with Crippen molar-refractivity contribution >= 4 is 46.8 Å². The van der Waals surface area contributed by atoms with Gasteiger partial charge in [0.25, 0.3) is 0 Å². The molecule has 2 aliphatic heterocycles. The van der Waals surface area contributed by atoms with Crippen LogP contribution in [0.2, 0.25) is 10.0 Å². The van der Waals surface area contributed by atoms with Gasteiger partial charge in [0.2, 0.25) is 5.91 Å². The standard InChI is InChI=1S/C27H34Cl2N6O.C6H15NO2/c1-5-21(36)33-14-27(15-33)11-17(12-27)35-16(2)22(23-18(13-30)20(31)10-19(28)24(23)29)25(32-35)34-9-7-6-8-26(34,3)4;1-7(3-5-8)4-6-9-2/h5,10,13,17,30H,1,6-9,11-12,14-15,31H2,2-4H3;8H,3-6H2,1-2H3. The Morgan fingerprint density at radius 3 is 2.53 bits per heavy atom. The first-order valence-corrected chi connectivity index (χ1v) is 16.4. The molecule has 0 atom stereocenters. The van der Waals surface area contributed by atoms with Crippen molar-refractivity contribution < 1.29 is 14.6 Å². The van der Waals surface area contributed by atoms with Crippen molar-refractivity contribution in [3.63, 3.8) is 0 Å². The van der Waals surface area contributed by atoms with Crippen molar-refractivity contribution in [1.82, 2.24) is 19.6 Å². The van der Waals surface area contributed by atoms with E-state index in [1.165, 1.54) is 18.7 Å². The van der Waals surface area contributed by atoms with Crippen molar-refractivity contribution in [3.8, 4) is 11.1 Å². The molecule has 0 radical (unpaired) electrons. The molecule has 1 spiro atoms. The van der Waals surface area contributed by atoms with Crippen LogP contribution in [0, 0.1) is 17.7 Å². The minimum absolute atomic E-state index is 0.00334. The number of likely N-dealkylation sites (N-methyl/N-ethyl adjacent to an activating group) is 1. The molecule has 12 heteroatoms. The van der Waals surface area contributed by atoms with Gasteiger partial charge in [-0.2, -0.15) is 5.10 Å². The lowest BCUT2D eigenvalue weighted by atomic mass is 9.60. The van der Waals surface area contributed by atoms with E-state index in [0.29, 0.717) is 26.9 Å². The second-order valence-electron chi connectivity index (χ2n) is 13.3. The first-order chi connectivity index (χ1) is 21.3. The summed E-state index contributed by atoms with van der Waals surface area (Å²) in [6.07, 6.45) is 7.94. The zero-order valence-corrected chi connectivity index (χ0v) is 28.8. The molecule has 0 bridgehead atoms. The van der Waals surface area contributed by atoms with E-state index in [2.05, 4.69) is 36.9 Å². The maximum atomic E-state index is 11.9. The van der Waals surface area contributed by atoms with E-state index in [0.717, 1.165) is 82.1 Å². The van der Waals surface area contributed by atoms with Crippen LogP contribution in [0.3, 0.4) is 0 Å². The summed E-state index contributed by atoms with van der Waals surface area (Å²) in [7, 11) is 3.63. The SMILES string of the molecule is C=CC(=O)N1CC2(CC(n3nc(N4CCCCC4(C)C)c(-c4c(Cl)c(Cl)cc(N)c4C=N)c3C)C2)C1.COCCN(C)CCO. The van der Waals surface area contributed by atoms with Gasteiger partial charge in [0.05, 0.1) is 29.3 Å². The van der Waals surface area contributed by atoms with Gasteiger partial charge in [0.15, 0.2) is 5.82 Å². The van der Waals surface area contributed by atoms with E-state index < -0.39 is 0 Å². The van der Waals surface area contributed by atoms with Gasteiger partial charge in [-0.15, -0.1) is 0 Å². The third-order valence-electron chi connectivity index (χ3n) is 9.61. The number of carbonyl (C=O) groups excluding carboxylic acids is 1. The number of nitrogens with two attached hydrogens (primary N) is 1. The quantitative estimate of drug-likeness (QED) is 0.176. The molecule has 3 aliphatic rings. The normalized spacial score (nSPS) is 18.7. The summed E-state index contributed by atoms with van der Waals surface area (Å²) < 4.78 is 6.97. The fraction of sp³-hybridized carbons (Fsp3) is 0.606. The molecule has 1 aromatic heterocycles. The molecule has 3 heterocycles. The predicted octanol–water partition coefficient (Wildman–Crippen LogP) is 5.42. The number of rotatable bonds is 10. The van der Waals surface area contributed by atoms with Crippen LogP contribution in [-0.4, -0.2) is 102 Å². The van der Waals surface area contributed by atoms with Gasteiger partial charge in [0.1, 0.15) is 0 Å². The van der Waals surface area contributed by atoms with Crippen LogP contribution in [-0.2, 0) is 9.53 Å². The summed E-state index contributed by atoms with van der Waals surface area (Å²) in [5, 5.41) is 22.6. The van der Waals surface area contributed by atoms with E-state index in [-0.39, 0.29) is 29.5 Å². The first kappa shape index (κ1) is 35.2. The van der Waals surface area contributed by atoms with Crippen LogP contribution in [0.4, 0.5) is 11.5 Å². The molecule has 0 unspecified atom stereocenters. The second kappa shape index (κ2) is 14.4. The van der Waals surface area contributed by atoms with Crippen molar-refractivity contribution in [2.24, 2.45) is 5.41 Å². The molecule has 1 aromatic carbocycles. The van der Waals surface area contributed by atoms with E-state index in [4.69, 9.17) is 49.3 Å². The number of methoxy groups -OCH3 is 1. The van der Waals surface area contributed by atoms with Crippen molar-refractivity contribution in [1.29, 1.82) is 5.41 Å². The number of nitrogen functional groups attached to an aromatic ring is 1. The molecule has 4 N–H and O–H groups in total. The lowest BCUT2D eigenvalue weighted by Gasteiger charge is -2.58. The molecule has 1 aliphatic carbocycles. The Hall–Kier alpha value is -2.63. The summed E-state index contributed by atoms with van der Waals surface area (Å²) in [5.74, 6) is 0.880. The van der Waals surface area contributed by atoms with Gasteiger partial charge in [0, 0.05) is 85.1 Å². The Labute approximate surface area is 277 Å². The lowest BCUT2D eigenvalue weighted by molar-refractivity contribution is -0.149. The summed E-state index contributed by atoms with van der Waals surface area (Å²) in [6.45, 7) is 15.2. The highest BCUT2D eigenvalue weighted by molar-refractivity contribution is 6.44. The number of aliphatic hydroxyl groups is 1. The third kappa shape index (κ3) is 7.20. The van der Waals surface area contributed by atoms with Crippen LogP contribution in [0.1, 0.15) is 63.3 Å². The molecule has 2 saturated heterocycles. The molecule has 5 rings (SSSR count). The summed E-state index contributed by atoms with van der Waals surface area (Å²) in [4.78, 5) is 18.2. The highest BCUT2D eigenvalue weighted by Crippen LogP contribution is 2.56. The number of piperidine rings is 1. The monoisotopic (exact) mass is 661 g/mol. The number of hydrogen-bond acceptors (Lipinski definition) is 8. The average molecular weight is 663 g/mol. The Bertz CT molecular complexity index is 1400. The number of halogens is 2. The molecule has 45 heavy (non-hydrogen) atoms. The summed E-state index contributed by atoms with van der Waals surface area (Å²) in [6, 6.07) is 1.85. The number of carbonyl (C=O) groups is 1. The van der Waals surface area contributed by atoms with Crippen LogP contribution in [0.15, 0.2) is 18.7 Å². The zero-order chi connectivity index (χ0) is 33.1. The maximum absolute atomic E-state index is 11.9. The first-order valence-electron chi connectivity index (χ1n) is 15.7. The van der Waals surface area contributed by atoms with Crippen molar-refractivity contribution in [2.45, 2.75) is 64.5 Å². The van der Waals surface area contributed by atoms with E-state index in [1.54, 1.807) is 13.2 Å². The number of anilines is 2. The number of benzene rings is 1. The summed E-state index contributed by atoms with van der Waals surface area (Å²) >= 11 is 13.3. The zero-order valence-electron chi connectivity index (χ0n) is 27.3. The van der Waals surface area contributed by atoms with Gasteiger partial charge in [-0.05, 0) is 72.1 Å². The number of likely N-dealkylation sites (tertiary alicyclic amines) is 1. The number of hydrogen-bond donors (Lipinski definition) is 3. The lowest BCUT2D eigenvalue weighted by Crippen LogP contribution is -2.63. The average Bonchev–Trinajstić information content (AvgIpc) is 3.27. The Morgan fingerprint density at radius 2 is 1.96 bits per heavy atom. The highest BCUT2D eigenvalue weighted by Gasteiger charge is 2.54. The molecule has 1 amide bonds. The minimum atomic E-state index is -0.0690. The van der Waals surface area contributed by atoms with Crippen LogP contribution in [0.5, 0.6) is 0 Å². The number of nitrogens with zero attached hydrogens (tertiary/aromatic N) is 5. The van der Waals surface area contributed by atoms with Gasteiger partial charge in [-0.25, -0.2) is 0 Å². The molecule has 2 aromatic rings. The highest BCUT2D eigenvalue weighted by atomic mass is 35.5. The Balaban J connectivity index is 0.000000448. The van der Waals surface area contributed by atoms with Crippen LogP contribution in [0.25, 0.3) is 11.1 Å². The minimum Gasteiger partial charge on any atom is -0.398 e. The molecular weight excluding hydrogens is 613 g/mol. The fourth-order valence-corrected chi connectivity index (χ4v) is 7.47. The van der Waals surface area contributed by atoms with E-state index >= 15 is 0 Å². The van der Waals surface area contributed by atoms with E-state index in [1.807, 2.05) is 16.8 Å². The van der Waals surface area contributed by atoms with Gasteiger partial charge >= 0.3 is 0 Å². The number of amides is 1. The maximum Gasteiger partial charge on any atom is 0.245 e. The second-order valence-corrected chi connectivity index (χ2v) is 14.1. The predicted molar refractivity (Wildman–Crippen MR) is 184 cm³/mol. The van der Waals surface area contributed by atoms with E-state index in [9.17, 15) is 4.79 Å². The third-order valence-corrected chi connectivity index (χ3v) is 10.4. The number of nitrogens with one attached hydrogen (secondary N) is 1. The number of ether oxygens (including phenoxy) is 1. The van der Waals surface area contributed by atoms with Crippen molar-refractivity contribution in [2.75, 3.05) is 70.7 Å². The molecular formula is C33H49Cl2N7O3. The number of aromatic nitrogens is 2. The topological polar surface area (TPSA) is 124 Å². The van der Waals surface area contributed by atoms with Crippen molar-refractivity contribution in [3.05, 3.63) is 40.0 Å².